The quantitative estimate of drug-likeness (QED) is 0.222. The summed E-state index contributed by atoms with van der Waals surface area (Å²) < 4.78 is 27.0. The van der Waals surface area contributed by atoms with Crippen molar-refractivity contribution in [1.82, 2.24) is 0 Å². The molecule has 8 nitrogen and oxygen atoms in total. The summed E-state index contributed by atoms with van der Waals surface area (Å²) >= 11 is 13.9. The highest BCUT2D eigenvalue weighted by Gasteiger charge is 2.42. The fourth-order valence-corrected chi connectivity index (χ4v) is 7.44. The maximum Gasteiger partial charge on any atom is 0.269 e. The van der Waals surface area contributed by atoms with Gasteiger partial charge in [0.05, 0.1) is 31.1 Å². The Morgan fingerprint density at radius 1 is 0.676 bits per heavy atom. The Morgan fingerprint density at radius 3 is 1.35 bits per heavy atom. The molecular weight excluding hydrogens is 539 g/mol. The fourth-order valence-electron chi connectivity index (χ4n) is 4.58. The summed E-state index contributed by atoms with van der Waals surface area (Å²) in [5, 5.41) is 22.1. The van der Waals surface area contributed by atoms with E-state index in [0.29, 0.717) is 11.1 Å². The molecule has 192 valence electrons. The molecule has 2 aliphatic carbocycles. The minimum absolute atomic E-state index is 0.0923. The summed E-state index contributed by atoms with van der Waals surface area (Å²) in [6.45, 7) is 0. The second-order valence-electron chi connectivity index (χ2n) is 8.92. The molecule has 0 aliphatic heterocycles. The van der Waals surface area contributed by atoms with E-state index in [1.807, 2.05) is 0 Å². The van der Waals surface area contributed by atoms with Crippen molar-refractivity contribution in [3.05, 3.63) is 128 Å². The normalized spacial score (nSPS) is 26.8. The van der Waals surface area contributed by atoms with Crippen LogP contribution in [0.1, 0.15) is 11.1 Å². The standard InChI is InChI=1S/C26H22Cl2N2O6S/c27-25(19-7-11-23(12-8-19)29(31)32)15-3-1-5-21(25)17-37(35,36)18-22-6-2-4-16-26(22,28)20-9-13-24(14-10-20)30(33)34/h1-16,21-22H,17-18H2. The molecule has 4 unspecified atom stereocenters. The third-order valence-corrected chi connectivity index (χ3v) is 9.56. The van der Waals surface area contributed by atoms with E-state index in [9.17, 15) is 28.6 Å². The predicted octanol–water partition coefficient (Wildman–Crippen LogP) is 5.97. The molecule has 0 radical (unpaired) electrons. The Bertz CT molecular complexity index is 1330. The number of nitro groups is 2. The van der Waals surface area contributed by atoms with Gasteiger partial charge in [-0.15, -0.1) is 23.2 Å². The highest BCUT2D eigenvalue weighted by atomic mass is 35.5. The molecule has 2 aromatic rings. The molecule has 0 saturated heterocycles. The molecule has 0 aromatic heterocycles. The smallest absolute Gasteiger partial charge is 0.258 e. The van der Waals surface area contributed by atoms with Crippen LogP contribution in [0, 0.1) is 32.1 Å². The van der Waals surface area contributed by atoms with Crippen molar-refractivity contribution in [2.75, 3.05) is 11.5 Å². The highest BCUT2D eigenvalue weighted by molar-refractivity contribution is 7.91. The second-order valence-corrected chi connectivity index (χ2v) is 12.3. The number of nitro benzene ring substituents is 2. The molecule has 0 saturated carbocycles. The van der Waals surface area contributed by atoms with Crippen LogP contribution in [-0.2, 0) is 19.6 Å². The van der Waals surface area contributed by atoms with E-state index in [-0.39, 0.29) is 22.9 Å². The van der Waals surface area contributed by atoms with Crippen LogP contribution in [-0.4, -0.2) is 29.8 Å². The SMILES string of the molecule is O=[N+]([O-])c1ccc(C2(Cl)C=CC=CC2CS(=O)(=O)CC2C=CC=CC2(Cl)c2ccc([N+](=O)[O-])cc2)cc1. The lowest BCUT2D eigenvalue weighted by molar-refractivity contribution is -0.385. The number of alkyl halides is 2. The number of sulfone groups is 1. The Balaban J connectivity index is 1.58. The van der Waals surface area contributed by atoms with Crippen LogP contribution in [0.3, 0.4) is 0 Å². The zero-order chi connectivity index (χ0) is 26.8. The van der Waals surface area contributed by atoms with Crippen LogP contribution >= 0.6 is 23.2 Å². The van der Waals surface area contributed by atoms with E-state index < -0.39 is 41.3 Å². The lowest BCUT2D eigenvalue weighted by Crippen LogP contribution is -2.38. The van der Waals surface area contributed by atoms with Gasteiger partial charge in [0.2, 0.25) is 0 Å². The molecule has 2 aliphatic rings. The average Bonchev–Trinajstić information content (AvgIpc) is 2.87. The fraction of sp³-hybridized carbons (Fsp3) is 0.231. The lowest BCUT2D eigenvalue weighted by Gasteiger charge is -2.35. The summed E-state index contributed by atoms with van der Waals surface area (Å²) in [5.74, 6) is -1.85. The average molecular weight is 561 g/mol. The number of hydrogen-bond donors (Lipinski definition) is 0. The summed E-state index contributed by atoms with van der Waals surface area (Å²) in [6.07, 6.45) is 13.7. The van der Waals surface area contributed by atoms with Crippen LogP contribution in [0.15, 0.2) is 97.1 Å². The molecule has 0 fully saturated rings. The zero-order valence-electron chi connectivity index (χ0n) is 19.3. The van der Waals surface area contributed by atoms with Crippen molar-refractivity contribution in [3.8, 4) is 0 Å². The summed E-state index contributed by atoms with van der Waals surface area (Å²) in [4.78, 5) is 18.6. The van der Waals surface area contributed by atoms with Crippen LogP contribution in [0.5, 0.6) is 0 Å². The number of rotatable bonds is 8. The van der Waals surface area contributed by atoms with Gasteiger partial charge in [-0.05, 0) is 11.1 Å². The highest BCUT2D eigenvalue weighted by Crippen LogP contribution is 2.45. The van der Waals surface area contributed by atoms with Crippen molar-refractivity contribution >= 4 is 44.4 Å². The number of benzene rings is 2. The van der Waals surface area contributed by atoms with Crippen LogP contribution < -0.4 is 0 Å². The lowest BCUT2D eigenvalue weighted by atomic mass is 9.83. The Labute approximate surface area is 223 Å². The van der Waals surface area contributed by atoms with Crippen molar-refractivity contribution in [1.29, 1.82) is 0 Å². The minimum Gasteiger partial charge on any atom is -0.258 e. The van der Waals surface area contributed by atoms with Crippen molar-refractivity contribution in [2.45, 2.75) is 9.75 Å². The third kappa shape index (κ3) is 5.53. The molecule has 0 heterocycles. The molecule has 0 bridgehead atoms. The van der Waals surface area contributed by atoms with Gasteiger partial charge in [0, 0.05) is 36.1 Å². The Morgan fingerprint density at radius 2 is 1.03 bits per heavy atom. The number of allylic oxidation sites excluding steroid dienone is 8. The first-order valence-corrected chi connectivity index (χ1v) is 13.8. The summed E-state index contributed by atoms with van der Waals surface area (Å²) in [7, 11) is -3.74. The molecule has 0 spiro atoms. The van der Waals surface area contributed by atoms with Crippen molar-refractivity contribution in [3.63, 3.8) is 0 Å². The zero-order valence-corrected chi connectivity index (χ0v) is 21.6. The number of halogens is 2. The van der Waals surface area contributed by atoms with Gasteiger partial charge in [0.15, 0.2) is 9.84 Å². The first-order chi connectivity index (χ1) is 17.4. The predicted molar refractivity (Wildman–Crippen MR) is 143 cm³/mol. The van der Waals surface area contributed by atoms with Gasteiger partial charge in [-0.1, -0.05) is 72.9 Å². The number of non-ortho nitro benzene ring substituents is 2. The van der Waals surface area contributed by atoms with Crippen LogP contribution in [0.4, 0.5) is 11.4 Å². The van der Waals surface area contributed by atoms with Gasteiger partial charge in [0.25, 0.3) is 11.4 Å². The van der Waals surface area contributed by atoms with Gasteiger partial charge in [0.1, 0.15) is 0 Å². The van der Waals surface area contributed by atoms with E-state index in [1.165, 1.54) is 48.5 Å². The molecule has 2 aromatic carbocycles. The van der Waals surface area contributed by atoms with Gasteiger partial charge < -0.3 is 0 Å². The topological polar surface area (TPSA) is 120 Å². The van der Waals surface area contributed by atoms with Gasteiger partial charge in [-0.25, -0.2) is 8.42 Å². The van der Waals surface area contributed by atoms with E-state index in [4.69, 9.17) is 23.2 Å². The van der Waals surface area contributed by atoms with Crippen LogP contribution in [0.25, 0.3) is 0 Å². The number of hydrogen-bond acceptors (Lipinski definition) is 6. The van der Waals surface area contributed by atoms with E-state index in [1.54, 1.807) is 48.6 Å². The summed E-state index contributed by atoms with van der Waals surface area (Å²) in [6, 6.07) is 11.5. The van der Waals surface area contributed by atoms with Gasteiger partial charge in [-0.2, -0.15) is 0 Å². The summed E-state index contributed by atoms with van der Waals surface area (Å²) in [5.41, 5.74) is 0.896. The molecule has 37 heavy (non-hydrogen) atoms. The maximum atomic E-state index is 13.5. The largest absolute Gasteiger partial charge is 0.269 e. The monoisotopic (exact) mass is 560 g/mol. The first kappa shape index (κ1) is 26.8. The molecule has 0 N–H and O–H groups in total. The first-order valence-electron chi connectivity index (χ1n) is 11.2. The minimum atomic E-state index is -3.74. The molecule has 0 amide bonds. The Kier molecular flexibility index (Phi) is 7.41. The van der Waals surface area contributed by atoms with Gasteiger partial charge >= 0.3 is 0 Å². The van der Waals surface area contributed by atoms with Crippen LogP contribution in [0.2, 0.25) is 0 Å². The van der Waals surface area contributed by atoms with Gasteiger partial charge in [-0.3, -0.25) is 20.2 Å². The molecule has 11 heteroatoms. The van der Waals surface area contributed by atoms with Crippen molar-refractivity contribution < 1.29 is 18.3 Å². The molecular formula is C26H22Cl2N2O6S. The van der Waals surface area contributed by atoms with E-state index in [0.717, 1.165) is 0 Å². The van der Waals surface area contributed by atoms with E-state index >= 15 is 0 Å². The van der Waals surface area contributed by atoms with E-state index in [2.05, 4.69) is 0 Å². The second kappa shape index (κ2) is 10.2. The number of nitrogens with zero attached hydrogens (tertiary/aromatic N) is 2. The maximum absolute atomic E-state index is 13.5. The van der Waals surface area contributed by atoms with Crippen molar-refractivity contribution in [2.24, 2.45) is 11.8 Å². The third-order valence-electron chi connectivity index (χ3n) is 6.57. The Hall–Kier alpha value is -3.27. The molecule has 4 rings (SSSR count). The molecule has 4 atom stereocenters.